The molecule has 0 bridgehead atoms. The Kier molecular flexibility index (Phi) is 7.37. The molecule has 0 spiro atoms. The second kappa shape index (κ2) is 11.0. The molecule has 1 N–H and O–H groups in total. The van der Waals surface area contributed by atoms with Crippen molar-refractivity contribution in [2.45, 2.75) is 26.3 Å². The summed E-state index contributed by atoms with van der Waals surface area (Å²) in [6, 6.07) is 25.2. The molecule has 6 nitrogen and oxygen atoms in total. The van der Waals surface area contributed by atoms with Crippen LogP contribution < -0.4 is 15.6 Å². The van der Waals surface area contributed by atoms with Crippen LogP contribution in [-0.2, 0) is 0 Å². The summed E-state index contributed by atoms with van der Waals surface area (Å²) in [5.74, 6) is 0.277. The Hall–Kier alpha value is -3.90. The molecule has 0 aliphatic carbocycles. The summed E-state index contributed by atoms with van der Waals surface area (Å²) >= 11 is 0. The van der Waals surface area contributed by atoms with Crippen LogP contribution >= 0.6 is 0 Å². The van der Waals surface area contributed by atoms with Crippen molar-refractivity contribution in [2.75, 3.05) is 37.6 Å². The van der Waals surface area contributed by atoms with Gasteiger partial charge in [0.2, 0.25) is 0 Å². The molecule has 0 saturated carbocycles. The van der Waals surface area contributed by atoms with Crippen LogP contribution in [0.1, 0.15) is 29.3 Å². The van der Waals surface area contributed by atoms with E-state index >= 15 is 0 Å². The zero-order chi connectivity index (χ0) is 25.8. The summed E-state index contributed by atoms with van der Waals surface area (Å²) in [4.78, 5) is 31.3. The number of piperazine rings is 1. The molecule has 1 amide bonds. The maximum Gasteiger partial charge on any atom is 0.255 e. The second-order valence-corrected chi connectivity index (χ2v) is 9.76. The lowest BCUT2D eigenvalue weighted by Gasteiger charge is -2.36. The number of anilines is 1. The van der Waals surface area contributed by atoms with E-state index in [-0.39, 0.29) is 17.4 Å². The normalized spacial score (nSPS) is 15.0. The summed E-state index contributed by atoms with van der Waals surface area (Å²) in [6.45, 7) is 8.73. The minimum Gasteiger partial charge on any atom is -0.455 e. The van der Waals surface area contributed by atoms with Crippen LogP contribution in [0.2, 0.25) is 0 Å². The van der Waals surface area contributed by atoms with E-state index < -0.39 is 0 Å². The van der Waals surface area contributed by atoms with E-state index in [9.17, 15) is 9.59 Å². The van der Waals surface area contributed by atoms with E-state index in [2.05, 4.69) is 39.4 Å². The first-order chi connectivity index (χ1) is 18.0. The molecule has 1 fully saturated rings. The molecule has 1 saturated heterocycles. The summed E-state index contributed by atoms with van der Waals surface area (Å²) < 4.78 is 6.22. The van der Waals surface area contributed by atoms with Crippen molar-refractivity contribution in [1.29, 1.82) is 0 Å². The fourth-order valence-electron chi connectivity index (χ4n) is 4.97. The molecule has 4 aromatic rings. The van der Waals surface area contributed by atoms with Gasteiger partial charge in [-0.05, 0) is 44.5 Å². The van der Waals surface area contributed by atoms with Crippen molar-refractivity contribution in [1.82, 2.24) is 10.2 Å². The van der Waals surface area contributed by atoms with Gasteiger partial charge in [-0.2, -0.15) is 0 Å². The molecule has 5 rings (SSSR count). The SMILES string of the molecule is Cc1c(-c2ccccc2)oc2c(C(=O)N[C@@H](C)CCN3CCN(c4ccccc4)CC3)cccc2c1=O. The molecule has 0 unspecified atom stereocenters. The molecule has 1 aliphatic rings. The van der Waals surface area contributed by atoms with Gasteiger partial charge >= 0.3 is 0 Å². The number of rotatable bonds is 7. The summed E-state index contributed by atoms with van der Waals surface area (Å²) in [5.41, 5.74) is 3.23. The van der Waals surface area contributed by atoms with Gasteiger partial charge in [-0.25, -0.2) is 0 Å². The highest BCUT2D eigenvalue weighted by Gasteiger charge is 2.21. The van der Waals surface area contributed by atoms with Crippen LogP contribution in [-0.4, -0.2) is 49.6 Å². The van der Waals surface area contributed by atoms with Crippen molar-refractivity contribution in [2.24, 2.45) is 0 Å². The topological polar surface area (TPSA) is 65.8 Å². The van der Waals surface area contributed by atoms with E-state index in [0.29, 0.717) is 27.9 Å². The Balaban J connectivity index is 1.24. The third kappa shape index (κ3) is 5.44. The van der Waals surface area contributed by atoms with E-state index in [1.54, 1.807) is 25.1 Å². The fraction of sp³-hybridized carbons (Fsp3) is 0.290. The monoisotopic (exact) mass is 495 g/mol. The molecule has 37 heavy (non-hydrogen) atoms. The van der Waals surface area contributed by atoms with Gasteiger partial charge in [0.25, 0.3) is 5.91 Å². The number of nitrogens with zero attached hydrogens (tertiary/aromatic N) is 2. The third-order valence-electron chi connectivity index (χ3n) is 7.18. The Labute approximate surface area is 217 Å². The average Bonchev–Trinajstić information content (AvgIpc) is 2.94. The minimum atomic E-state index is -0.224. The van der Waals surface area contributed by atoms with Crippen molar-refractivity contribution in [3.8, 4) is 11.3 Å². The van der Waals surface area contributed by atoms with Gasteiger partial charge in [-0.15, -0.1) is 0 Å². The smallest absolute Gasteiger partial charge is 0.255 e. The van der Waals surface area contributed by atoms with Crippen LogP contribution in [0.5, 0.6) is 0 Å². The number of para-hydroxylation sites is 2. The van der Waals surface area contributed by atoms with Gasteiger partial charge in [-0.1, -0.05) is 54.6 Å². The number of nitrogens with one attached hydrogen (secondary N) is 1. The zero-order valence-electron chi connectivity index (χ0n) is 21.4. The van der Waals surface area contributed by atoms with Gasteiger partial charge in [0.05, 0.1) is 10.9 Å². The number of carbonyl (C=O) groups excluding carboxylic acids is 1. The van der Waals surface area contributed by atoms with Crippen LogP contribution in [0.25, 0.3) is 22.3 Å². The number of hydrogen-bond acceptors (Lipinski definition) is 5. The quantitative estimate of drug-likeness (QED) is 0.387. The Morgan fingerprint density at radius 2 is 1.59 bits per heavy atom. The lowest BCUT2D eigenvalue weighted by Crippen LogP contribution is -2.47. The first-order valence-electron chi connectivity index (χ1n) is 13.0. The van der Waals surface area contributed by atoms with Gasteiger partial charge in [-0.3, -0.25) is 14.5 Å². The lowest BCUT2D eigenvalue weighted by molar-refractivity contribution is 0.0936. The van der Waals surface area contributed by atoms with E-state index in [1.165, 1.54) is 5.69 Å². The van der Waals surface area contributed by atoms with Gasteiger partial charge < -0.3 is 14.6 Å². The number of benzene rings is 3. The highest BCUT2D eigenvalue weighted by Crippen LogP contribution is 2.27. The van der Waals surface area contributed by atoms with Gasteiger partial charge in [0, 0.05) is 55.6 Å². The Morgan fingerprint density at radius 3 is 2.30 bits per heavy atom. The van der Waals surface area contributed by atoms with Crippen LogP contribution in [0, 0.1) is 6.92 Å². The predicted octanol–water partition coefficient (Wildman–Crippen LogP) is 5.10. The maximum atomic E-state index is 13.3. The molecule has 190 valence electrons. The molecule has 6 heteroatoms. The lowest BCUT2D eigenvalue weighted by atomic mass is 10.0. The molecule has 3 aromatic carbocycles. The molecule has 2 heterocycles. The van der Waals surface area contributed by atoms with Crippen LogP contribution in [0.15, 0.2) is 88.1 Å². The molecular formula is C31H33N3O3. The Bertz CT molecular complexity index is 1430. The molecule has 0 radical (unpaired) electrons. The minimum absolute atomic E-state index is 0.0133. The van der Waals surface area contributed by atoms with Crippen molar-refractivity contribution < 1.29 is 9.21 Å². The molecule has 1 atom stereocenters. The number of hydrogen-bond donors (Lipinski definition) is 1. The largest absolute Gasteiger partial charge is 0.455 e. The maximum absolute atomic E-state index is 13.3. The van der Waals surface area contributed by atoms with Crippen molar-refractivity contribution in [3.63, 3.8) is 0 Å². The van der Waals surface area contributed by atoms with E-state index in [1.807, 2.05) is 43.3 Å². The van der Waals surface area contributed by atoms with Crippen LogP contribution in [0.4, 0.5) is 5.69 Å². The second-order valence-electron chi connectivity index (χ2n) is 9.76. The zero-order valence-corrected chi connectivity index (χ0v) is 21.4. The average molecular weight is 496 g/mol. The van der Waals surface area contributed by atoms with Gasteiger partial charge in [0.15, 0.2) is 11.0 Å². The standard InChI is InChI=1S/C31H33N3O3/c1-22(16-17-33-18-20-34(21-19-33)25-12-7-4-8-13-25)32-31(36)27-15-9-14-26-28(35)23(2)29(37-30(26)27)24-10-5-3-6-11-24/h3-15,22H,16-21H2,1-2H3,(H,32,36)/t22-/m0/s1. The molecule has 1 aliphatic heterocycles. The van der Waals surface area contributed by atoms with E-state index in [4.69, 9.17) is 4.42 Å². The van der Waals surface area contributed by atoms with Crippen LogP contribution in [0.3, 0.4) is 0 Å². The number of fused-ring (bicyclic) bond motifs is 1. The molecular weight excluding hydrogens is 462 g/mol. The summed E-state index contributed by atoms with van der Waals surface area (Å²) in [5, 5.41) is 3.54. The highest BCUT2D eigenvalue weighted by atomic mass is 16.3. The summed E-state index contributed by atoms with van der Waals surface area (Å²) in [7, 11) is 0. The van der Waals surface area contributed by atoms with Crippen molar-refractivity contribution >= 4 is 22.6 Å². The predicted molar refractivity (Wildman–Crippen MR) is 149 cm³/mol. The third-order valence-corrected chi connectivity index (χ3v) is 7.18. The van der Waals surface area contributed by atoms with E-state index in [0.717, 1.165) is 44.7 Å². The number of carbonyl (C=O) groups is 1. The fourth-order valence-corrected chi connectivity index (χ4v) is 4.97. The highest BCUT2D eigenvalue weighted by molar-refractivity contribution is 6.05. The first-order valence-corrected chi connectivity index (χ1v) is 13.0. The Morgan fingerprint density at radius 1 is 0.919 bits per heavy atom. The summed E-state index contributed by atoms with van der Waals surface area (Å²) in [6.07, 6.45) is 0.847. The number of amides is 1. The molecule has 1 aromatic heterocycles. The van der Waals surface area contributed by atoms with Gasteiger partial charge in [0.1, 0.15) is 5.76 Å². The van der Waals surface area contributed by atoms with Crippen molar-refractivity contribution in [3.05, 3.63) is 100 Å². The first kappa shape index (κ1) is 24.8.